The van der Waals surface area contributed by atoms with Crippen molar-refractivity contribution in [3.8, 4) is 0 Å². The molecule has 0 radical (unpaired) electrons. The first-order valence-corrected chi connectivity index (χ1v) is 6.27. The van der Waals surface area contributed by atoms with E-state index in [-0.39, 0.29) is 5.82 Å². The lowest BCUT2D eigenvalue weighted by molar-refractivity contribution is 0.0615. The fourth-order valence-electron chi connectivity index (χ4n) is 2.89. The number of benzene rings is 1. The zero-order chi connectivity index (χ0) is 12.8. The molecule has 3 rings (SSSR count). The number of halogens is 1. The molecule has 3 heteroatoms. The van der Waals surface area contributed by atoms with Gasteiger partial charge in [0, 0.05) is 17.0 Å². The van der Waals surface area contributed by atoms with E-state index in [1.807, 2.05) is 13.0 Å². The SMILES string of the molecule is Cc1cc2c([nH]1)CCCC2(O)c1ccc(F)cc1. The van der Waals surface area contributed by atoms with Crippen molar-refractivity contribution in [2.75, 3.05) is 0 Å². The van der Waals surface area contributed by atoms with Gasteiger partial charge in [-0.15, -0.1) is 0 Å². The van der Waals surface area contributed by atoms with E-state index in [0.29, 0.717) is 6.42 Å². The minimum absolute atomic E-state index is 0.274. The fraction of sp³-hybridized carbons (Fsp3) is 0.333. The lowest BCUT2D eigenvalue weighted by Gasteiger charge is -2.33. The van der Waals surface area contributed by atoms with Crippen LogP contribution in [0.1, 0.15) is 35.4 Å². The van der Waals surface area contributed by atoms with Gasteiger partial charge in [0.05, 0.1) is 0 Å². The molecule has 1 unspecified atom stereocenters. The van der Waals surface area contributed by atoms with E-state index in [1.54, 1.807) is 12.1 Å². The number of hydrogen-bond donors (Lipinski definition) is 2. The number of aromatic amines is 1. The summed E-state index contributed by atoms with van der Waals surface area (Å²) in [7, 11) is 0. The maximum Gasteiger partial charge on any atom is 0.123 e. The van der Waals surface area contributed by atoms with E-state index >= 15 is 0 Å². The highest BCUT2D eigenvalue weighted by atomic mass is 19.1. The van der Waals surface area contributed by atoms with Gasteiger partial charge in [-0.25, -0.2) is 4.39 Å². The fourth-order valence-corrected chi connectivity index (χ4v) is 2.89. The molecule has 0 fully saturated rings. The smallest absolute Gasteiger partial charge is 0.123 e. The van der Waals surface area contributed by atoms with Crippen LogP contribution in [0.25, 0.3) is 0 Å². The predicted molar refractivity (Wildman–Crippen MR) is 67.9 cm³/mol. The molecule has 2 N–H and O–H groups in total. The lowest BCUT2D eigenvalue weighted by Crippen LogP contribution is -2.31. The molecule has 0 amide bonds. The van der Waals surface area contributed by atoms with Crippen LogP contribution in [0.4, 0.5) is 4.39 Å². The summed E-state index contributed by atoms with van der Waals surface area (Å²) >= 11 is 0. The largest absolute Gasteiger partial charge is 0.380 e. The Labute approximate surface area is 105 Å². The second-order valence-electron chi connectivity index (χ2n) is 5.07. The maximum atomic E-state index is 13.0. The van der Waals surface area contributed by atoms with Crippen molar-refractivity contribution in [1.29, 1.82) is 0 Å². The number of aromatic nitrogens is 1. The zero-order valence-electron chi connectivity index (χ0n) is 10.3. The highest BCUT2D eigenvalue weighted by Crippen LogP contribution is 2.40. The minimum atomic E-state index is -0.980. The van der Waals surface area contributed by atoms with Crippen LogP contribution in [0, 0.1) is 12.7 Å². The van der Waals surface area contributed by atoms with E-state index in [0.717, 1.165) is 35.4 Å². The second kappa shape index (κ2) is 3.95. The Morgan fingerprint density at radius 2 is 2.00 bits per heavy atom. The van der Waals surface area contributed by atoms with E-state index in [4.69, 9.17) is 0 Å². The summed E-state index contributed by atoms with van der Waals surface area (Å²) in [6, 6.07) is 8.15. The van der Waals surface area contributed by atoms with Gasteiger partial charge >= 0.3 is 0 Å². The summed E-state index contributed by atoms with van der Waals surface area (Å²) in [5.41, 5.74) is 2.89. The van der Waals surface area contributed by atoms with Gasteiger partial charge in [0.2, 0.25) is 0 Å². The summed E-state index contributed by atoms with van der Waals surface area (Å²) in [5, 5.41) is 11.0. The number of rotatable bonds is 1. The first-order chi connectivity index (χ1) is 8.59. The van der Waals surface area contributed by atoms with Crippen LogP contribution < -0.4 is 0 Å². The topological polar surface area (TPSA) is 36.0 Å². The summed E-state index contributed by atoms with van der Waals surface area (Å²) in [6.45, 7) is 1.99. The third kappa shape index (κ3) is 1.66. The van der Waals surface area contributed by atoms with Gasteiger partial charge in [-0.2, -0.15) is 0 Å². The number of nitrogens with one attached hydrogen (secondary N) is 1. The molecule has 1 heterocycles. The van der Waals surface area contributed by atoms with Crippen molar-refractivity contribution >= 4 is 0 Å². The van der Waals surface area contributed by atoms with Crippen molar-refractivity contribution < 1.29 is 9.50 Å². The van der Waals surface area contributed by atoms with Crippen molar-refractivity contribution in [2.45, 2.75) is 31.8 Å². The molecule has 2 aromatic rings. The first-order valence-electron chi connectivity index (χ1n) is 6.27. The molecule has 1 aliphatic carbocycles. The van der Waals surface area contributed by atoms with Crippen LogP contribution in [-0.2, 0) is 12.0 Å². The Morgan fingerprint density at radius 1 is 1.28 bits per heavy atom. The van der Waals surface area contributed by atoms with Crippen molar-refractivity contribution in [3.63, 3.8) is 0 Å². The Hall–Kier alpha value is -1.61. The van der Waals surface area contributed by atoms with Gasteiger partial charge in [0.15, 0.2) is 0 Å². The van der Waals surface area contributed by atoms with Crippen LogP contribution >= 0.6 is 0 Å². The van der Waals surface area contributed by atoms with Crippen molar-refractivity contribution in [2.24, 2.45) is 0 Å². The Morgan fingerprint density at radius 3 is 2.72 bits per heavy atom. The predicted octanol–water partition coefficient (Wildman–Crippen LogP) is 3.03. The van der Waals surface area contributed by atoms with E-state index in [9.17, 15) is 9.50 Å². The molecule has 94 valence electrons. The summed E-state index contributed by atoms with van der Waals surface area (Å²) in [6.07, 6.45) is 2.58. The van der Waals surface area contributed by atoms with Gasteiger partial charge in [0.25, 0.3) is 0 Å². The Kier molecular flexibility index (Phi) is 2.52. The quantitative estimate of drug-likeness (QED) is 0.796. The molecular formula is C15H16FNO. The van der Waals surface area contributed by atoms with Gasteiger partial charge in [-0.05, 0) is 49.9 Å². The van der Waals surface area contributed by atoms with Crippen LogP contribution in [0.5, 0.6) is 0 Å². The monoisotopic (exact) mass is 245 g/mol. The highest BCUT2D eigenvalue weighted by Gasteiger charge is 2.37. The molecule has 1 aliphatic rings. The summed E-state index contributed by atoms with van der Waals surface area (Å²) in [5.74, 6) is -0.274. The molecule has 18 heavy (non-hydrogen) atoms. The molecule has 2 nitrogen and oxygen atoms in total. The van der Waals surface area contributed by atoms with E-state index in [1.165, 1.54) is 12.1 Å². The molecular weight excluding hydrogens is 229 g/mol. The normalized spacial score (nSPS) is 22.8. The zero-order valence-corrected chi connectivity index (χ0v) is 10.3. The number of H-pyrrole nitrogens is 1. The summed E-state index contributed by atoms with van der Waals surface area (Å²) < 4.78 is 13.0. The average Bonchev–Trinajstić information content (AvgIpc) is 2.72. The molecule has 0 spiro atoms. The number of aliphatic hydroxyl groups is 1. The van der Waals surface area contributed by atoms with Crippen LogP contribution in [0.15, 0.2) is 30.3 Å². The molecule has 0 saturated heterocycles. The van der Waals surface area contributed by atoms with E-state index < -0.39 is 5.60 Å². The van der Waals surface area contributed by atoms with Gasteiger partial charge in [-0.1, -0.05) is 12.1 Å². The number of fused-ring (bicyclic) bond motifs is 1. The average molecular weight is 245 g/mol. The molecule has 1 aromatic carbocycles. The molecule has 1 aromatic heterocycles. The van der Waals surface area contributed by atoms with Crippen LogP contribution in [0.2, 0.25) is 0 Å². The molecule has 1 atom stereocenters. The third-order valence-electron chi connectivity index (χ3n) is 3.77. The first kappa shape index (κ1) is 11.5. The van der Waals surface area contributed by atoms with Crippen LogP contribution in [0.3, 0.4) is 0 Å². The number of aryl methyl sites for hydroxylation is 2. The van der Waals surface area contributed by atoms with Crippen molar-refractivity contribution in [1.82, 2.24) is 4.98 Å². The van der Waals surface area contributed by atoms with Crippen molar-refractivity contribution in [3.05, 3.63) is 58.7 Å². The van der Waals surface area contributed by atoms with E-state index in [2.05, 4.69) is 4.98 Å². The maximum absolute atomic E-state index is 13.0. The highest BCUT2D eigenvalue weighted by molar-refractivity contribution is 5.42. The molecule has 0 aliphatic heterocycles. The second-order valence-corrected chi connectivity index (χ2v) is 5.07. The van der Waals surface area contributed by atoms with Gasteiger partial charge < -0.3 is 10.1 Å². The molecule has 0 saturated carbocycles. The van der Waals surface area contributed by atoms with Gasteiger partial charge in [0.1, 0.15) is 11.4 Å². The Bertz CT molecular complexity index is 573. The number of hydrogen-bond acceptors (Lipinski definition) is 1. The lowest BCUT2D eigenvalue weighted by atomic mass is 9.78. The summed E-state index contributed by atoms with van der Waals surface area (Å²) in [4.78, 5) is 3.30. The van der Waals surface area contributed by atoms with Crippen LogP contribution in [-0.4, -0.2) is 10.1 Å². The molecule has 0 bridgehead atoms. The standard InChI is InChI=1S/C15H16FNO/c1-10-9-13-14(17-10)3-2-8-15(13,18)11-4-6-12(16)7-5-11/h4-7,9,17-18H,2-3,8H2,1H3. The van der Waals surface area contributed by atoms with Gasteiger partial charge in [-0.3, -0.25) is 0 Å². The Balaban J connectivity index is 2.12. The minimum Gasteiger partial charge on any atom is -0.380 e. The third-order valence-corrected chi connectivity index (χ3v) is 3.77.